The number of hydrogen-bond donors (Lipinski definition) is 1. The first kappa shape index (κ1) is 14.0. The van der Waals surface area contributed by atoms with Gasteiger partial charge in [-0.25, -0.2) is 9.78 Å². The van der Waals surface area contributed by atoms with Crippen LogP contribution >= 0.6 is 11.3 Å². The molecule has 1 aromatic carbocycles. The van der Waals surface area contributed by atoms with Crippen LogP contribution in [0.4, 0.5) is 5.69 Å². The number of aryl methyl sites for hydroxylation is 1. The summed E-state index contributed by atoms with van der Waals surface area (Å²) in [6.45, 7) is 3.35. The van der Waals surface area contributed by atoms with E-state index in [2.05, 4.69) is 9.88 Å². The van der Waals surface area contributed by atoms with Crippen molar-refractivity contribution in [3.63, 3.8) is 0 Å². The van der Waals surface area contributed by atoms with Gasteiger partial charge in [0.05, 0.1) is 24.8 Å². The molecule has 1 aromatic heterocycles. The van der Waals surface area contributed by atoms with E-state index in [1.165, 1.54) is 0 Å². The van der Waals surface area contributed by atoms with Gasteiger partial charge in [0.25, 0.3) is 0 Å². The lowest BCUT2D eigenvalue weighted by atomic mass is 10.1. The van der Waals surface area contributed by atoms with Crippen LogP contribution in [0, 0.1) is 6.92 Å². The minimum absolute atomic E-state index is 0.280. The van der Waals surface area contributed by atoms with E-state index in [0.717, 1.165) is 21.1 Å². The van der Waals surface area contributed by atoms with Gasteiger partial charge in [0.1, 0.15) is 5.01 Å². The molecule has 1 aliphatic heterocycles. The maximum atomic E-state index is 11.4. The second kappa shape index (κ2) is 5.46. The third-order valence-corrected chi connectivity index (χ3v) is 4.57. The predicted octanol–water partition coefficient (Wildman–Crippen LogP) is 2.65. The van der Waals surface area contributed by atoms with Gasteiger partial charge in [-0.1, -0.05) is 0 Å². The van der Waals surface area contributed by atoms with E-state index in [4.69, 9.17) is 4.74 Å². The lowest BCUT2D eigenvalue weighted by Crippen LogP contribution is -2.47. The van der Waals surface area contributed by atoms with Crippen molar-refractivity contribution in [2.24, 2.45) is 0 Å². The Morgan fingerprint density at radius 2 is 2.19 bits per heavy atom. The lowest BCUT2D eigenvalue weighted by molar-refractivity contribution is 0.0101. The van der Waals surface area contributed by atoms with Crippen molar-refractivity contribution in [2.75, 3.05) is 25.2 Å². The second-order valence-electron chi connectivity index (χ2n) is 5.15. The Morgan fingerprint density at radius 3 is 2.71 bits per heavy atom. The zero-order valence-electron chi connectivity index (χ0n) is 11.9. The van der Waals surface area contributed by atoms with Gasteiger partial charge in [0, 0.05) is 29.4 Å². The molecule has 0 unspecified atom stereocenters. The van der Waals surface area contributed by atoms with E-state index < -0.39 is 5.97 Å². The Bertz CT molecular complexity index is 679. The first-order valence-electron chi connectivity index (χ1n) is 6.66. The molecule has 3 rings (SSSR count). The van der Waals surface area contributed by atoms with Crippen molar-refractivity contribution in [1.82, 2.24) is 4.98 Å². The van der Waals surface area contributed by atoms with E-state index in [0.29, 0.717) is 19.3 Å². The molecule has 0 amide bonds. The Balaban J connectivity index is 2.03. The molecule has 6 heteroatoms. The largest absolute Gasteiger partial charge is 0.478 e. The van der Waals surface area contributed by atoms with E-state index in [1.807, 2.05) is 20.0 Å². The summed E-state index contributed by atoms with van der Waals surface area (Å²) < 4.78 is 5.21. The number of nitrogens with zero attached hydrogens (tertiary/aromatic N) is 2. The molecule has 1 saturated heterocycles. The number of hydrogen-bond acceptors (Lipinski definition) is 5. The Morgan fingerprint density at radius 1 is 1.43 bits per heavy atom. The molecule has 0 bridgehead atoms. The molecule has 110 valence electrons. The van der Waals surface area contributed by atoms with Gasteiger partial charge < -0.3 is 14.7 Å². The van der Waals surface area contributed by atoms with Gasteiger partial charge in [0.2, 0.25) is 0 Å². The van der Waals surface area contributed by atoms with Crippen LogP contribution in [0.1, 0.15) is 15.2 Å². The third-order valence-electron chi connectivity index (χ3n) is 3.61. The van der Waals surface area contributed by atoms with Gasteiger partial charge in [-0.15, -0.1) is 11.3 Å². The minimum atomic E-state index is -0.926. The number of ether oxygens (including phenoxy) is 1. The zero-order chi connectivity index (χ0) is 15.0. The lowest BCUT2D eigenvalue weighted by Gasteiger charge is -2.36. The van der Waals surface area contributed by atoms with Crippen molar-refractivity contribution in [2.45, 2.75) is 13.0 Å². The van der Waals surface area contributed by atoms with Crippen LogP contribution in [0.15, 0.2) is 24.4 Å². The number of aromatic nitrogens is 1. The summed E-state index contributed by atoms with van der Waals surface area (Å²) in [4.78, 5) is 18.9. The van der Waals surface area contributed by atoms with Crippen LogP contribution in [0.25, 0.3) is 10.6 Å². The second-order valence-corrected chi connectivity index (χ2v) is 6.39. The molecule has 1 aliphatic rings. The fraction of sp³-hybridized carbons (Fsp3) is 0.333. The molecule has 2 aromatic rings. The average molecular weight is 304 g/mol. The van der Waals surface area contributed by atoms with E-state index in [1.54, 1.807) is 29.7 Å². The van der Waals surface area contributed by atoms with Crippen LogP contribution in [0.3, 0.4) is 0 Å². The molecule has 21 heavy (non-hydrogen) atoms. The minimum Gasteiger partial charge on any atom is -0.478 e. The topological polar surface area (TPSA) is 62.7 Å². The number of likely N-dealkylation sites (N-methyl/N-ethyl adjacent to an activating group) is 1. The van der Waals surface area contributed by atoms with Crippen LogP contribution in [0.2, 0.25) is 0 Å². The average Bonchev–Trinajstić information content (AvgIpc) is 2.83. The summed E-state index contributed by atoms with van der Waals surface area (Å²) >= 11 is 1.56. The highest BCUT2D eigenvalue weighted by atomic mass is 32.1. The maximum absolute atomic E-state index is 11.4. The highest BCUT2D eigenvalue weighted by Gasteiger charge is 2.24. The van der Waals surface area contributed by atoms with Gasteiger partial charge in [0.15, 0.2) is 0 Å². The number of benzene rings is 1. The van der Waals surface area contributed by atoms with E-state index in [9.17, 15) is 9.90 Å². The molecule has 0 atom stereocenters. The molecular weight excluding hydrogens is 288 g/mol. The molecule has 0 radical (unpaired) electrons. The van der Waals surface area contributed by atoms with Crippen molar-refractivity contribution >= 4 is 23.0 Å². The maximum Gasteiger partial charge on any atom is 0.335 e. The van der Waals surface area contributed by atoms with E-state index in [-0.39, 0.29) is 5.56 Å². The molecule has 5 nitrogen and oxygen atoms in total. The molecule has 0 spiro atoms. The third kappa shape index (κ3) is 2.77. The fourth-order valence-electron chi connectivity index (χ4n) is 2.21. The molecule has 1 N–H and O–H groups in total. The monoisotopic (exact) mass is 304 g/mol. The van der Waals surface area contributed by atoms with Gasteiger partial charge >= 0.3 is 5.97 Å². The summed E-state index contributed by atoms with van der Waals surface area (Å²) in [5.41, 5.74) is 2.00. The van der Waals surface area contributed by atoms with Crippen molar-refractivity contribution in [3.8, 4) is 10.6 Å². The molecular formula is C15H16N2O3S. The van der Waals surface area contributed by atoms with Gasteiger partial charge in [-0.05, 0) is 25.1 Å². The first-order chi connectivity index (χ1) is 10.0. The SMILES string of the molecule is Cc1cnc(-c2cc(C(=O)O)cc(N(C)C3COC3)c2)s1. The van der Waals surface area contributed by atoms with Crippen molar-refractivity contribution < 1.29 is 14.6 Å². The standard InChI is InChI=1S/C15H16N2O3S/c1-9-6-16-14(21-9)10-3-11(15(18)19)5-12(4-10)17(2)13-7-20-8-13/h3-6,13H,7-8H2,1-2H3,(H,18,19). The Kier molecular flexibility index (Phi) is 3.65. The first-order valence-corrected chi connectivity index (χ1v) is 7.48. The van der Waals surface area contributed by atoms with Crippen LogP contribution in [0.5, 0.6) is 0 Å². The molecule has 0 saturated carbocycles. The van der Waals surface area contributed by atoms with Crippen molar-refractivity contribution in [1.29, 1.82) is 0 Å². The normalized spacial score (nSPS) is 14.8. The summed E-state index contributed by atoms with van der Waals surface area (Å²) in [6.07, 6.45) is 1.80. The number of aromatic carboxylic acids is 1. The predicted molar refractivity (Wildman–Crippen MR) is 82.3 cm³/mol. The van der Waals surface area contributed by atoms with Gasteiger partial charge in [-0.2, -0.15) is 0 Å². The molecule has 1 fully saturated rings. The fourth-order valence-corrected chi connectivity index (χ4v) is 2.96. The van der Waals surface area contributed by atoms with Crippen molar-refractivity contribution in [3.05, 3.63) is 34.8 Å². The summed E-state index contributed by atoms with van der Waals surface area (Å²) in [6, 6.07) is 5.67. The molecule has 0 aliphatic carbocycles. The number of carboxylic acids is 1. The number of anilines is 1. The van der Waals surface area contributed by atoms with Crippen LogP contribution in [-0.2, 0) is 4.74 Å². The number of carbonyl (C=O) groups is 1. The number of carboxylic acid groups (broad SMARTS) is 1. The quantitative estimate of drug-likeness (QED) is 0.941. The summed E-state index contributed by atoms with van der Waals surface area (Å²) in [7, 11) is 1.96. The Labute approximate surface area is 126 Å². The number of thiazole rings is 1. The highest BCUT2D eigenvalue weighted by Crippen LogP contribution is 2.31. The Hall–Kier alpha value is -1.92. The summed E-state index contributed by atoms with van der Waals surface area (Å²) in [5, 5.41) is 10.2. The van der Waals surface area contributed by atoms with Crippen LogP contribution in [-0.4, -0.2) is 42.4 Å². The summed E-state index contributed by atoms with van der Waals surface area (Å²) in [5.74, 6) is -0.926. The number of rotatable bonds is 4. The highest BCUT2D eigenvalue weighted by molar-refractivity contribution is 7.14. The molecule has 2 heterocycles. The van der Waals surface area contributed by atoms with Crippen LogP contribution < -0.4 is 4.90 Å². The zero-order valence-corrected chi connectivity index (χ0v) is 12.7. The van der Waals surface area contributed by atoms with E-state index >= 15 is 0 Å². The smallest absolute Gasteiger partial charge is 0.335 e. The van der Waals surface area contributed by atoms with Gasteiger partial charge in [-0.3, -0.25) is 0 Å².